The molecule has 10 heteroatoms. The van der Waals surface area contributed by atoms with Gasteiger partial charge < -0.3 is 19.3 Å². The van der Waals surface area contributed by atoms with E-state index in [-0.39, 0.29) is 23.8 Å². The van der Waals surface area contributed by atoms with Crippen LogP contribution >= 0.6 is 0 Å². The second-order valence-corrected chi connectivity index (χ2v) is 10.5. The zero-order chi connectivity index (χ0) is 28.8. The van der Waals surface area contributed by atoms with Crippen molar-refractivity contribution >= 4 is 5.97 Å². The van der Waals surface area contributed by atoms with Crippen LogP contribution in [0.3, 0.4) is 0 Å². The smallest absolute Gasteiger partial charge is 0.362 e. The van der Waals surface area contributed by atoms with E-state index in [0.717, 1.165) is 66.8 Å². The average molecular weight is 560 g/mol. The van der Waals surface area contributed by atoms with Gasteiger partial charge in [-0.05, 0) is 67.3 Å². The standard InChI is InChI=1S/C31H37N5O5/c1-4-25(39-2)17-24-18-28(33-32-24)23-9-7-21(8-10-23)22-11-15-27(16-12-22)41-30-29(31(37)38)34-35-36(30)19-20-5-13-26(40-3)14-6-20/h5-10,13-14,18,22,25,27H,4,11-12,15-17,19H2,1-3H3,(H,32,33)(H,37,38). The van der Waals surface area contributed by atoms with Gasteiger partial charge in [-0.3, -0.25) is 5.10 Å². The number of benzene rings is 2. The summed E-state index contributed by atoms with van der Waals surface area (Å²) in [5, 5.41) is 25.3. The van der Waals surface area contributed by atoms with Crippen molar-refractivity contribution in [1.82, 2.24) is 25.2 Å². The topological polar surface area (TPSA) is 124 Å². The molecule has 0 amide bonds. The maximum absolute atomic E-state index is 11.8. The quantitative estimate of drug-likeness (QED) is 0.233. The van der Waals surface area contributed by atoms with E-state index in [1.807, 2.05) is 24.3 Å². The van der Waals surface area contributed by atoms with Crippen molar-refractivity contribution in [3.05, 3.63) is 77.1 Å². The summed E-state index contributed by atoms with van der Waals surface area (Å²) in [7, 11) is 3.36. The average Bonchev–Trinajstić information content (AvgIpc) is 3.64. The zero-order valence-electron chi connectivity index (χ0n) is 23.7. The van der Waals surface area contributed by atoms with Crippen molar-refractivity contribution in [2.45, 2.75) is 70.1 Å². The number of ether oxygens (including phenoxy) is 3. The molecule has 5 rings (SSSR count). The van der Waals surface area contributed by atoms with Crippen LogP contribution in [0.15, 0.2) is 54.6 Å². The number of nitrogens with one attached hydrogen (secondary N) is 1. The van der Waals surface area contributed by atoms with E-state index < -0.39 is 5.97 Å². The van der Waals surface area contributed by atoms with E-state index in [4.69, 9.17) is 14.2 Å². The number of carbonyl (C=O) groups is 1. The predicted molar refractivity (Wildman–Crippen MR) is 154 cm³/mol. The van der Waals surface area contributed by atoms with Gasteiger partial charge >= 0.3 is 5.97 Å². The Morgan fingerprint density at radius 1 is 1.07 bits per heavy atom. The molecule has 4 aromatic rings. The second kappa shape index (κ2) is 13.0. The molecule has 1 atom stereocenters. The number of aromatic carboxylic acids is 1. The summed E-state index contributed by atoms with van der Waals surface area (Å²) in [6, 6.07) is 18.3. The third-order valence-electron chi connectivity index (χ3n) is 7.88. The monoisotopic (exact) mass is 559 g/mol. The van der Waals surface area contributed by atoms with E-state index in [2.05, 4.69) is 57.8 Å². The van der Waals surface area contributed by atoms with Crippen LogP contribution in [0.1, 0.15) is 72.3 Å². The molecule has 1 aliphatic rings. The number of aromatic nitrogens is 5. The van der Waals surface area contributed by atoms with Crippen LogP contribution in [0.5, 0.6) is 11.6 Å². The van der Waals surface area contributed by atoms with E-state index >= 15 is 0 Å². The molecule has 10 nitrogen and oxygen atoms in total. The van der Waals surface area contributed by atoms with Gasteiger partial charge in [-0.1, -0.05) is 48.5 Å². The second-order valence-electron chi connectivity index (χ2n) is 10.5. The zero-order valence-corrected chi connectivity index (χ0v) is 23.7. The first-order valence-corrected chi connectivity index (χ1v) is 14.1. The molecule has 0 aliphatic heterocycles. The van der Waals surface area contributed by atoms with Crippen LogP contribution in [-0.4, -0.2) is 62.7 Å². The summed E-state index contributed by atoms with van der Waals surface area (Å²) >= 11 is 0. The minimum Gasteiger partial charge on any atom is -0.497 e. The lowest BCUT2D eigenvalue weighted by Crippen LogP contribution is -2.25. The first kappa shape index (κ1) is 28.4. The van der Waals surface area contributed by atoms with E-state index in [0.29, 0.717) is 12.5 Å². The highest BCUT2D eigenvalue weighted by atomic mass is 16.5. The molecule has 1 aliphatic carbocycles. The van der Waals surface area contributed by atoms with Crippen LogP contribution in [0.4, 0.5) is 0 Å². The largest absolute Gasteiger partial charge is 0.497 e. The summed E-state index contributed by atoms with van der Waals surface area (Å²) in [6.07, 6.45) is 5.40. The van der Waals surface area contributed by atoms with Crippen molar-refractivity contribution in [1.29, 1.82) is 0 Å². The molecule has 216 valence electrons. The maximum Gasteiger partial charge on any atom is 0.362 e. The van der Waals surface area contributed by atoms with Gasteiger partial charge in [-0.25, -0.2) is 9.48 Å². The number of hydrogen-bond acceptors (Lipinski definition) is 7. The van der Waals surface area contributed by atoms with Gasteiger partial charge in [0, 0.05) is 24.8 Å². The minimum absolute atomic E-state index is 0.0988. The number of methoxy groups -OCH3 is 2. The highest BCUT2D eigenvalue weighted by molar-refractivity contribution is 5.87. The molecule has 1 saturated carbocycles. The molecule has 0 spiro atoms. The van der Waals surface area contributed by atoms with E-state index in [9.17, 15) is 9.90 Å². The highest BCUT2D eigenvalue weighted by Gasteiger charge is 2.28. The molecule has 41 heavy (non-hydrogen) atoms. The Morgan fingerprint density at radius 2 is 1.80 bits per heavy atom. The highest BCUT2D eigenvalue weighted by Crippen LogP contribution is 2.36. The molecule has 2 N–H and O–H groups in total. The summed E-state index contributed by atoms with van der Waals surface area (Å²) in [6.45, 7) is 2.47. The Bertz CT molecular complexity index is 1420. The fourth-order valence-corrected chi connectivity index (χ4v) is 5.41. The van der Waals surface area contributed by atoms with Gasteiger partial charge in [-0.2, -0.15) is 5.10 Å². The first-order valence-electron chi connectivity index (χ1n) is 14.1. The lowest BCUT2D eigenvalue weighted by molar-refractivity contribution is 0.0676. The maximum atomic E-state index is 11.8. The Balaban J connectivity index is 1.19. The van der Waals surface area contributed by atoms with Crippen molar-refractivity contribution in [2.24, 2.45) is 0 Å². The lowest BCUT2D eigenvalue weighted by Gasteiger charge is -2.29. The molecule has 0 saturated heterocycles. The van der Waals surface area contributed by atoms with Gasteiger partial charge in [0.2, 0.25) is 11.6 Å². The van der Waals surface area contributed by atoms with Gasteiger partial charge in [0.15, 0.2) is 0 Å². The van der Waals surface area contributed by atoms with Crippen molar-refractivity contribution < 1.29 is 24.1 Å². The van der Waals surface area contributed by atoms with Crippen LogP contribution < -0.4 is 9.47 Å². The minimum atomic E-state index is -1.15. The molecule has 2 aromatic heterocycles. The Hall–Kier alpha value is -4.18. The molecule has 1 unspecified atom stereocenters. The summed E-state index contributed by atoms with van der Waals surface area (Å²) in [5.74, 6) is 0.226. The van der Waals surface area contributed by atoms with E-state index in [1.165, 1.54) is 10.2 Å². The van der Waals surface area contributed by atoms with Crippen LogP contribution in [-0.2, 0) is 17.7 Å². The molecular formula is C31H37N5O5. The van der Waals surface area contributed by atoms with Gasteiger partial charge in [0.1, 0.15) is 11.9 Å². The Morgan fingerprint density at radius 3 is 2.44 bits per heavy atom. The number of hydrogen-bond donors (Lipinski definition) is 2. The van der Waals surface area contributed by atoms with Gasteiger partial charge in [0.05, 0.1) is 25.5 Å². The summed E-state index contributed by atoms with van der Waals surface area (Å²) in [4.78, 5) is 11.8. The summed E-state index contributed by atoms with van der Waals surface area (Å²) < 4.78 is 18.5. The summed E-state index contributed by atoms with van der Waals surface area (Å²) in [5.41, 5.74) is 5.16. The van der Waals surface area contributed by atoms with Gasteiger partial charge in [0.25, 0.3) is 0 Å². The third-order valence-corrected chi connectivity index (χ3v) is 7.88. The molecule has 0 bridgehead atoms. The van der Waals surface area contributed by atoms with Gasteiger partial charge in [-0.15, -0.1) is 5.10 Å². The van der Waals surface area contributed by atoms with Crippen molar-refractivity contribution in [3.63, 3.8) is 0 Å². The molecule has 1 fully saturated rings. The fourth-order valence-electron chi connectivity index (χ4n) is 5.41. The van der Waals surface area contributed by atoms with Crippen LogP contribution in [0, 0.1) is 0 Å². The van der Waals surface area contributed by atoms with Crippen LogP contribution in [0.25, 0.3) is 11.3 Å². The molecule has 2 heterocycles. The van der Waals surface area contributed by atoms with Crippen LogP contribution in [0.2, 0.25) is 0 Å². The lowest BCUT2D eigenvalue weighted by atomic mass is 9.82. The number of carboxylic acid groups (broad SMARTS) is 1. The SMILES string of the molecule is CCC(Cc1cc(-c2ccc(C3CCC(Oc4c(C(=O)O)nnn4Cc4ccc(OC)cc4)CC3)cc2)n[nH]1)OC. The molecule has 0 radical (unpaired) electrons. The predicted octanol–water partition coefficient (Wildman–Crippen LogP) is 5.50. The Kier molecular flexibility index (Phi) is 8.98. The normalized spacial score (nSPS) is 17.7. The van der Waals surface area contributed by atoms with Crippen molar-refractivity contribution in [2.75, 3.05) is 14.2 Å². The number of H-pyrrole nitrogens is 1. The third kappa shape index (κ3) is 6.77. The number of aromatic amines is 1. The molecular weight excluding hydrogens is 522 g/mol. The van der Waals surface area contributed by atoms with E-state index in [1.54, 1.807) is 14.2 Å². The number of nitrogens with zero attached hydrogens (tertiary/aromatic N) is 4. The Labute approximate surface area is 239 Å². The molecule has 2 aromatic carbocycles. The number of carboxylic acids is 1. The number of rotatable bonds is 12. The fraction of sp³-hybridized carbons (Fsp3) is 0.419. The first-order chi connectivity index (χ1) is 20.0. The van der Waals surface area contributed by atoms with Crippen molar-refractivity contribution in [3.8, 4) is 22.9 Å².